The van der Waals surface area contributed by atoms with Crippen LogP contribution in [0.2, 0.25) is 0 Å². The zero-order valence-corrected chi connectivity index (χ0v) is 19.8. The van der Waals surface area contributed by atoms with Gasteiger partial charge in [0.1, 0.15) is 0 Å². The molecule has 1 saturated carbocycles. The van der Waals surface area contributed by atoms with Gasteiger partial charge in [-0.1, -0.05) is 57.5 Å². The fraction of sp³-hybridized carbons (Fsp3) is 0.615. The molecule has 4 atom stereocenters. The molecule has 0 aliphatic heterocycles. The molecule has 1 N–H and O–H groups in total. The largest absolute Gasteiger partial charge is 0.388 e. The zero-order valence-electron chi connectivity index (χ0n) is 18.2. The topological polar surface area (TPSA) is 20.2 Å². The lowest BCUT2D eigenvalue weighted by Gasteiger charge is -2.23. The summed E-state index contributed by atoms with van der Waals surface area (Å²) in [6.45, 7) is 6.78. The van der Waals surface area contributed by atoms with E-state index < -0.39 is 0 Å². The molecule has 3 rings (SSSR count). The Hall–Kier alpha value is -0.830. The Morgan fingerprint density at radius 2 is 1.86 bits per heavy atom. The van der Waals surface area contributed by atoms with Crippen LogP contribution in [-0.4, -0.2) is 10.5 Å². The standard InChI is InChI=1S/C26H37ClOS/c1-26(2,3)17-5-10-24(28)19-11-13-21(14-12-19)25-20(15-16-23(25)27)7-4-8-22-9-6-18-29-22/h6,9,11-14,18,20,23-25,28H,4-5,7-8,10,15-17H2,1-3H3. The first-order valence-electron chi connectivity index (χ1n) is 11.3. The molecule has 1 heterocycles. The van der Waals surface area contributed by atoms with E-state index >= 15 is 0 Å². The Morgan fingerprint density at radius 3 is 2.52 bits per heavy atom. The molecule has 1 aromatic heterocycles. The van der Waals surface area contributed by atoms with Gasteiger partial charge in [-0.05, 0) is 78.9 Å². The number of halogens is 1. The van der Waals surface area contributed by atoms with Gasteiger partial charge in [-0.25, -0.2) is 0 Å². The second-order valence-electron chi connectivity index (χ2n) is 9.99. The van der Waals surface area contributed by atoms with Crippen LogP contribution in [0.15, 0.2) is 41.8 Å². The van der Waals surface area contributed by atoms with Crippen molar-refractivity contribution in [3.63, 3.8) is 0 Å². The zero-order chi connectivity index (χ0) is 20.9. The van der Waals surface area contributed by atoms with E-state index in [0.717, 1.165) is 31.2 Å². The Morgan fingerprint density at radius 1 is 1.10 bits per heavy atom. The van der Waals surface area contributed by atoms with Gasteiger partial charge >= 0.3 is 0 Å². The van der Waals surface area contributed by atoms with Gasteiger partial charge in [0.05, 0.1) is 6.10 Å². The van der Waals surface area contributed by atoms with E-state index in [1.807, 2.05) is 11.3 Å². The molecule has 2 aromatic rings. The van der Waals surface area contributed by atoms with Crippen LogP contribution in [0.25, 0.3) is 0 Å². The van der Waals surface area contributed by atoms with E-state index in [4.69, 9.17) is 11.6 Å². The summed E-state index contributed by atoms with van der Waals surface area (Å²) in [4.78, 5) is 1.49. The van der Waals surface area contributed by atoms with E-state index in [-0.39, 0.29) is 11.5 Å². The number of rotatable bonds is 9. The number of aliphatic hydroxyl groups is 1. The summed E-state index contributed by atoms with van der Waals surface area (Å²) >= 11 is 8.62. The quantitative estimate of drug-likeness (QED) is 0.396. The van der Waals surface area contributed by atoms with Gasteiger partial charge in [0, 0.05) is 16.2 Å². The molecule has 0 bridgehead atoms. The molecule has 1 aliphatic carbocycles. The van der Waals surface area contributed by atoms with E-state index in [1.54, 1.807) is 0 Å². The van der Waals surface area contributed by atoms with E-state index in [0.29, 0.717) is 17.3 Å². The van der Waals surface area contributed by atoms with E-state index in [9.17, 15) is 5.11 Å². The minimum atomic E-state index is -0.358. The lowest BCUT2D eigenvalue weighted by atomic mass is 9.84. The molecular weight excluding hydrogens is 396 g/mol. The van der Waals surface area contributed by atoms with Crippen molar-refractivity contribution < 1.29 is 5.11 Å². The molecule has 1 fully saturated rings. The van der Waals surface area contributed by atoms with Crippen molar-refractivity contribution >= 4 is 22.9 Å². The molecule has 1 aromatic carbocycles. The van der Waals surface area contributed by atoms with Gasteiger partial charge in [-0.3, -0.25) is 0 Å². The normalized spacial score (nSPS) is 23.4. The lowest BCUT2D eigenvalue weighted by molar-refractivity contribution is 0.158. The van der Waals surface area contributed by atoms with Crippen molar-refractivity contribution in [2.24, 2.45) is 11.3 Å². The van der Waals surface area contributed by atoms with Crippen LogP contribution in [0.5, 0.6) is 0 Å². The van der Waals surface area contributed by atoms with E-state index in [1.165, 1.54) is 36.1 Å². The highest BCUT2D eigenvalue weighted by Gasteiger charge is 2.35. The maximum Gasteiger partial charge on any atom is 0.0790 e. The summed E-state index contributed by atoms with van der Waals surface area (Å²) in [7, 11) is 0. The first-order chi connectivity index (χ1) is 13.8. The molecule has 0 radical (unpaired) electrons. The van der Waals surface area contributed by atoms with Gasteiger partial charge in [0.15, 0.2) is 0 Å². The summed E-state index contributed by atoms with van der Waals surface area (Å²) in [5.41, 5.74) is 2.73. The number of hydrogen-bond donors (Lipinski definition) is 1. The molecule has 1 aliphatic rings. The maximum atomic E-state index is 10.6. The van der Waals surface area contributed by atoms with Crippen LogP contribution in [0.3, 0.4) is 0 Å². The molecular formula is C26H37ClOS. The monoisotopic (exact) mass is 432 g/mol. The third-order valence-corrected chi connectivity index (χ3v) is 7.83. The number of benzene rings is 1. The average molecular weight is 433 g/mol. The van der Waals surface area contributed by atoms with Crippen molar-refractivity contribution in [3.05, 3.63) is 57.8 Å². The van der Waals surface area contributed by atoms with Gasteiger partial charge in [0.2, 0.25) is 0 Å². The van der Waals surface area contributed by atoms with Crippen LogP contribution < -0.4 is 0 Å². The van der Waals surface area contributed by atoms with Crippen LogP contribution in [0.4, 0.5) is 0 Å². The minimum absolute atomic E-state index is 0.240. The van der Waals surface area contributed by atoms with Gasteiger partial charge in [0.25, 0.3) is 0 Å². The van der Waals surface area contributed by atoms with Crippen LogP contribution in [0, 0.1) is 11.3 Å². The molecule has 3 heteroatoms. The first-order valence-corrected chi connectivity index (χ1v) is 12.6. The first kappa shape index (κ1) is 22.8. The van der Waals surface area contributed by atoms with Crippen LogP contribution in [0.1, 0.15) is 93.7 Å². The Balaban J connectivity index is 1.55. The lowest BCUT2D eigenvalue weighted by Crippen LogP contribution is -2.14. The molecule has 1 nitrogen and oxygen atoms in total. The summed E-state index contributed by atoms with van der Waals surface area (Å²) in [5, 5.41) is 13.0. The van der Waals surface area contributed by atoms with Crippen molar-refractivity contribution in [1.82, 2.24) is 0 Å². The summed E-state index contributed by atoms with van der Waals surface area (Å²) in [6.07, 6.45) is 8.73. The van der Waals surface area contributed by atoms with Crippen molar-refractivity contribution in [2.75, 3.05) is 0 Å². The number of aliphatic hydroxyl groups excluding tert-OH is 1. The molecule has 160 valence electrons. The number of thiophene rings is 1. The highest BCUT2D eigenvalue weighted by atomic mass is 35.5. The predicted molar refractivity (Wildman–Crippen MR) is 127 cm³/mol. The number of alkyl halides is 1. The highest BCUT2D eigenvalue weighted by Crippen LogP contribution is 2.45. The molecule has 0 saturated heterocycles. The number of aryl methyl sites for hydroxylation is 1. The average Bonchev–Trinajstić information content (AvgIpc) is 3.31. The van der Waals surface area contributed by atoms with Gasteiger partial charge < -0.3 is 5.11 Å². The van der Waals surface area contributed by atoms with Crippen LogP contribution in [-0.2, 0) is 6.42 Å². The van der Waals surface area contributed by atoms with Crippen molar-refractivity contribution in [2.45, 2.75) is 89.5 Å². The maximum absolute atomic E-state index is 10.6. The second kappa shape index (κ2) is 10.5. The van der Waals surface area contributed by atoms with Gasteiger partial charge in [-0.15, -0.1) is 22.9 Å². The highest BCUT2D eigenvalue weighted by molar-refractivity contribution is 7.09. The Kier molecular flexibility index (Phi) is 8.24. The molecule has 29 heavy (non-hydrogen) atoms. The van der Waals surface area contributed by atoms with Crippen molar-refractivity contribution in [3.8, 4) is 0 Å². The summed E-state index contributed by atoms with van der Waals surface area (Å²) in [6, 6.07) is 13.1. The fourth-order valence-electron chi connectivity index (χ4n) is 4.76. The SMILES string of the molecule is CC(C)(C)CCCC(O)c1ccc(C2C(Cl)CCC2CCCc2cccs2)cc1. The minimum Gasteiger partial charge on any atom is -0.388 e. The smallest absolute Gasteiger partial charge is 0.0790 e. The Labute approximate surface area is 186 Å². The van der Waals surface area contributed by atoms with Gasteiger partial charge in [-0.2, -0.15) is 0 Å². The van der Waals surface area contributed by atoms with Crippen LogP contribution >= 0.6 is 22.9 Å². The molecule has 4 unspecified atom stereocenters. The Bertz CT molecular complexity index is 716. The predicted octanol–water partition coefficient (Wildman–Crippen LogP) is 8.12. The summed E-state index contributed by atoms with van der Waals surface area (Å²) < 4.78 is 0. The number of hydrogen-bond acceptors (Lipinski definition) is 2. The second-order valence-corrected chi connectivity index (χ2v) is 11.6. The third-order valence-electron chi connectivity index (χ3n) is 6.40. The summed E-state index contributed by atoms with van der Waals surface area (Å²) in [5.74, 6) is 1.13. The third kappa shape index (κ3) is 6.84. The fourth-order valence-corrected chi connectivity index (χ4v) is 5.99. The molecule has 0 spiro atoms. The molecule has 0 amide bonds. The van der Waals surface area contributed by atoms with E-state index in [2.05, 4.69) is 62.5 Å². The van der Waals surface area contributed by atoms with Crippen molar-refractivity contribution in [1.29, 1.82) is 0 Å².